The van der Waals surface area contributed by atoms with Gasteiger partial charge in [-0.1, -0.05) is 68.5 Å². The number of aromatic nitrogens is 1. The lowest BCUT2D eigenvalue weighted by molar-refractivity contribution is -0.264. The number of oxazole rings is 1. The predicted octanol–water partition coefficient (Wildman–Crippen LogP) is 2.75. The van der Waals surface area contributed by atoms with Gasteiger partial charge in [-0.05, 0) is 38.7 Å². The number of hydrogen-bond donors (Lipinski definition) is 4. The first-order valence-corrected chi connectivity index (χ1v) is 17.1. The molecule has 51 heavy (non-hydrogen) atoms. The summed E-state index contributed by atoms with van der Waals surface area (Å²) in [5.74, 6) is -1.50. The second-order valence-corrected chi connectivity index (χ2v) is 13.9. The summed E-state index contributed by atoms with van der Waals surface area (Å²) in [7, 11) is 4.30. The maximum Gasteiger partial charge on any atom is 0.339 e. The summed E-state index contributed by atoms with van der Waals surface area (Å²) >= 11 is 0. The number of nitrogens with zero attached hydrogens (tertiary/aromatic N) is 2. The van der Waals surface area contributed by atoms with Crippen molar-refractivity contribution in [2.24, 2.45) is 17.3 Å². The van der Waals surface area contributed by atoms with Crippen molar-refractivity contribution in [3.63, 3.8) is 0 Å². The highest BCUT2D eigenvalue weighted by atomic mass is 16.6. The second-order valence-electron chi connectivity index (χ2n) is 13.9. The number of likely N-dealkylation sites (N-methyl/N-ethyl adjacent to an activating group) is 1. The Balaban J connectivity index is 1.52. The van der Waals surface area contributed by atoms with Crippen molar-refractivity contribution in [1.29, 1.82) is 0 Å². The van der Waals surface area contributed by atoms with E-state index in [1.165, 1.54) is 26.2 Å². The summed E-state index contributed by atoms with van der Waals surface area (Å²) in [6.45, 7) is 10.4. The highest BCUT2D eigenvalue weighted by molar-refractivity contribution is 6.00. The Hall–Kier alpha value is -3.88. The number of carbonyl (C=O) groups is 3. The second kappa shape index (κ2) is 17.6. The topological polar surface area (TPSA) is 181 Å². The number of methoxy groups -OCH3 is 2. The van der Waals surface area contributed by atoms with Crippen molar-refractivity contribution in [2.45, 2.75) is 89.9 Å². The third-order valence-corrected chi connectivity index (χ3v) is 10.1. The Kier molecular flexibility index (Phi) is 14.3. The average Bonchev–Trinajstić information content (AvgIpc) is 3.58. The molecule has 2 fully saturated rings. The lowest BCUT2D eigenvalue weighted by Gasteiger charge is -2.56. The van der Waals surface area contributed by atoms with Gasteiger partial charge < -0.3 is 44.2 Å². The number of nitrogens with one attached hydrogen (secondary N) is 1. The quantitative estimate of drug-likeness (QED) is 0.130. The van der Waals surface area contributed by atoms with Crippen molar-refractivity contribution in [3.8, 4) is 0 Å². The third-order valence-electron chi connectivity index (χ3n) is 10.1. The fourth-order valence-corrected chi connectivity index (χ4v) is 6.88. The molecule has 13 nitrogen and oxygen atoms in total. The fraction of sp³-hybridized carbons (Fsp3) is 0.579. The molecule has 3 heterocycles. The van der Waals surface area contributed by atoms with Crippen LogP contribution in [-0.2, 0) is 35.0 Å². The molecule has 8 unspecified atom stereocenters. The molecule has 3 rings (SSSR count). The molecule has 0 radical (unpaired) electrons. The van der Waals surface area contributed by atoms with E-state index in [4.69, 9.17) is 18.6 Å². The van der Waals surface area contributed by atoms with Gasteiger partial charge in [-0.25, -0.2) is 9.78 Å². The number of hydrogen-bond acceptors (Lipinski definition) is 11. The average molecular weight is 714 g/mol. The molecule has 2 aliphatic heterocycles. The first-order chi connectivity index (χ1) is 24.0. The largest absolute Gasteiger partial charge is 0.455 e. The molecule has 2 amide bonds. The van der Waals surface area contributed by atoms with E-state index < -0.39 is 64.7 Å². The number of aliphatic hydroxyl groups excluding tert-OH is 2. The molecule has 1 aromatic rings. The van der Waals surface area contributed by atoms with Gasteiger partial charge >= 0.3 is 5.97 Å². The smallest absolute Gasteiger partial charge is 0.339 e. The van der Waals surface area contributed by atoms with Crippen LogP contribution in [-0.4, -0.2) is 113 Å². The molecule has 1 spiro atoms. The van der Waals surface area contributed by atoms with Crippen LogP contribution in [0.3, 0.4) is 0 Å². The van der Waals surface area contributed by atoms with Gasteiger partial charge in [0.05, 0.1) is 42.4 Å². The fourth-order valence-electron chi connectivity index (χ4n) is 6.88. The van der Waals surface area contributed by atoms with Crippen molar-refractivity contribution >= 4 is 17.8 Å². The summed E-state index contributed by atoms with van der Waals surface area (Å²) < 4.78 is 21.7. The molecule has 282 valence electrons. The van der Waals surface area contributed by atoms with E-state index >= 15 is 0 Å². The minimum absolute atomic E-state index is 0.0139. The predicted molar refractivity (Wildman–Crippen MR) is 190 cm³/mol. The number of cyclic esters (lactones) is 1. The minimum Gasteiger partial charge on any atom is -0.455 e. The highest BCUT2D eigenvalue weighted by Crippen LogP contribution is 2.54. The zero-order valence-corrected chi connectivity index (χ0v) is 31.2. The van der Waals surface area contributed by atoms with Crippen LogP contribution in [0.4, 0.5) is 0 Å². The van der Waals surface area contributed by atoms with Gasteiger partial charge in [0.2, 0.25) is 17.4 Å². The Bertz CT molecular complexity index is 1530. The Morgan fingerprint density at radius 2 is 1.84 bits per heavy atom. The Morgan fingerprint density at radius 1 is 1.16 bits per heavy atom. The van der Waals surface area contributed by atoms with Gasteiger partial charge in [-0.15, -0.1) is 0 Å². The number of ether oxygens (including phenoxy) is 3. The standard InChI is InChI=1S/C38H55N3O10/c1-24(17-13-10-11-14-18-28-22-40-27(4)50-28)32(43)36(5,6)34(45)39-20-16-12-15-19-29(42)25(2)21-30(49-9)38(47)26(3)33(44)41(7)37(38)31(23-48-8)51-35(37)46/h10-17,19,22,25-26,29-32,42-43,47H,18,20-21,23H2,1-9H3,(H,39,45)/b13-10-,14-11+,16-12+,19-15+,24-17+. The van der Waals surface area contributed by atoms with Crippen LogP contribution < -0.4 is 5.32 Å². The van der Waals surface area contributed by atoms with E-state index in [1.807, 2.05) is 18.2 Å². The van der Waals surface area contributed by atoms with Crippen molar-refractivity contribution in [2.75, 3.05) is 34.4 Å². The molecular formula is C38H55N3O10. The van der Waals surface area contributed by atoms with Crippen LogP contribution in [0.5, 0.6) is 0 Å². The van der Waals surface area contributed by atoms with Crippen LogP contribution in [0, 0.1) is 24.2 Å². The highest BCUT2D eigenvalue weighted by Gasteiger charge is 2.81. The van der Waals surface area contributed by atoms with Gasteiger partial charge in [0.15, 0.2) is 12.0 Å². The van der Waals surface area contributed by atoms with Gasteiger partial charge in [0.25, 0.3) is 0 Å². The van der Waals surface area contributed by atoms with E-state index in [-0.39, 0.29) is 25.5 Å². The number of carbonyl (C=O) groups excluding carboxylic acids is 3. The third kappa shape index (κ3) is 8.44. The summed E-state index contributed by atoms with van der Waals surface area (Å²) in [4.78, 5) is 44.3. The molecule has 1 aromatic heterocycles. The van der Waals surface area contributed by atoms with E-state index in [0.29, 0.717) is 17.9 Å². The van der Waals surface area contributed by atoms with E-state index in [0.717, 1.165) is 5.76 Å². The summed E-state index contributed by atoms with van der Waals surface area (Å²) in [5.41, 5.74) is -4.08. The first-order valence-electron chi connectivity index (χ1n) is 17.1. The number of aliphatic hydroxyl groups is 3. The molecular weight excluding hydrogens is 658 g/mol. The number of rotatable bonds is 18. The molecule has 2 aliphatic rings. The Morgan fingerprint density at radius 3 is 2.45 bits per heavy atom. The summed E-state index contributed by atoms with van der Waals surface area (Å²) in [5, 5.41) is 36.8. The monoisotopic (exact) mass is 713 g/mol. The van der Waals surface area contributed by atoms with E-state index in [2.05, 4.69) is 10.3 Å². The number of esters is 1. The van der Waals surface area contributed by atoms with E-state index in [1.54, 1.807) is 84.2 Å². The maximum atomic E-state index is 13.1. The number of aryl methyl sites for hydroxylation is 1. The molecule has 0 bridgehead atoms. The van der Waals surface area contributed by atoms with Crippen LogP contribution in [0.1, 0.15) is 52.7 Å². The first kappa shape index (κ1) is 41.5. The van der Waals surface area contributed by atoms with Crippen LogP contribution in [0.15, 0.2) is 70.9 Å². The van der Waals surface area contributed by atoms with Crippen LogP contribution in [0.25, 0.3) is 0 Å². The molecule has 4 N–H and O–H groups in total. The van der Waals surface area contributed by atoms with E-state index in [9.17, 15) is 29.7 Å². The van der Waals surface area contributed by atoms with Gasteiger partial charge in [0.1, 0.15) is 11.4 Å². The van der Waals surface area contributed by atoms with Crippen molar-refractivity contribution in [1.82, 2.24) is 15.2 Å². The lowest BCUT2D eigenvalue weighted by Crippen LogP contribution is -2.81. The normalized spacial score (nSPS) is 26.8. The molecule has 0 aromatic carbocycles. The molecule has 0 saturated carbocycles. The van der Waals surface area contributed by atoms with Crippen molar-refractivity contribution in [3.05, 3.63) is 78.1 Å². The molecule has 2 saturated heterocycles. The molecule has 13 heteroatoms. The van der Waals surface area contributed by atoms with Crippen LogP contribution >= 0.6 is 0 Å². The summed E-state index contributed by atoms with van der Waals surface area (Å²) in [6.07, 6.45) is 14.4. The maximum absolute atomic E-state index is 13.1. The van der Waals surface area contributed by atoms with Crippen LogP contribution in [0.2, 0.25) is 0 Å². The number of likely N-dealkylation sites (tertiary alicyclic amines) is 1. The SMILES string of the molecule is COCC1OC(=O)C12N(C)C(=O)C(C)C2(O)C(CC(C)C(O)/C=C/C=C/CNC(=O)C(C)(C)C(O)/C(C)=C/C=C\C=C\Cc1cnc(C)o1)OC. The molecule has 8 atom stereocenters. The number of allylic oxidation sites excluding steroid dienone is 7. The van der Waals surface area contributed by atoms with Crippen molar-refractivity contribution < 1.29 is 48.3 Å². The zero-order valence-electron chi connectivity index (χ0n) is 31.2. The minimum atomic E-state index is -1.94. The lowest BCUT2D eigenvalue weighted by atomic mass is 9.65. The van der Waals surface area contributed by atoms with Gasteiger partial charge in [0, 0.05) is 41.2 Å². The van der Waals surface area contributed by atoms with Gasteiger partial charge in [-0.3, -0.25) is 9.59 Å². The van der Waals surface area contributed by atoms with Gasteiger partial charge in [-0.2, -0.15) is 0 Å². The Labute approximate surface area is 300 Å². The summed E-state index contributed by atoms with van der Waals surface area (Å²) in [6, 6.07) is 0. The zero-order chi connectivity index (χ0) is 38.1. The molecule has 0 aliphatic carbocycles. The number of amides is 2.